The average molecular weight is 207 g/mol. The van der Waals surface area contributed by atoms with E-state index in [0.717, 1.165) is 23.0 Å². The molecule has 1 aromatic carbocycles. The molecule has 0 N–H and O–H groups in total. The van der Waals surface area contributed by atoms with Gasteiger partial charge in [-0.3, -0.25) is 0 Å². The lowest BCUT2D eigenvalue weighted by Gasteiger charge is -1.98. The lowest BCUT2D eigenvalue weighted by molar-refractivity contribution is 0.493. The third kappa shape index (κ3) is 2.18. The molecule has 0 amide bonds. The van der Waals surface area contributed by atoms with Crippen molar-refractivity contribution < 1.29 is 4.42 Å². The quantitative estimate of drug-likeness (QED) is 0.728. The summed E-state index contributed by atoms with van der Waals surface area (Å²) in [6.45, 7) is 1.95. The topological polar surface area (TPSA) is 13.1 Å². The van der Waals surface area contributed by atoms with Crippen molar-refractivity contribution in [1.29, 1.82) is 0 Å². The van der Waals surface area contributed by atoms with Gasteiger partial charge >= 0.3 is 0 Å². The fourth-order valence-electron chi connectivity index (χ4n) is 1.38. The van der Waals surface area contributed by atoms with Gasteiger partial charge in [0, 0.05) is 11.4 Å². The predicted molar refractivity (Wildman–Crippen MR) is 57.7 cm³/mol. The highest BCUT2D eigenvalue weighted by Gasteiger charge is 2.00. The molecule has 0 saturated heterocycles. The van der Waals surface area contributed by atoms with Crippen molar-refractivity contribution >= 4 is 11.6 Å². The molecule has 0 atom stereocenters. The summed E-state index contributed by atoms with van der Waals surface area (Å²) in [6.07, 6.45) is 0.824. The van der Waals surface area contributed by atoms with Crippen molar-refractivity contribution in [2.24, 2.45) is 0 Å². The second-order valence-electron chi connectivity index (χ2n) is 3.32. The van der Waals surface area contributed by atoms with Crippen LogP contribution in [0.15, 0.2) is 40.8 Å². The Balaban J connectivity index is 2.15. The zero-order valence-corrected chi connectivity index (χ0v) is 8.71. The Morgan fingerprint density at radius 1 is 1.07 bits per heavy atom. The van der Waals surface area contributed by atoms with E-state index in [1.165, 1.54) is 5.56 Å². The van der Waals surface area contributed by atoms with Crippen LogP contribution in [0.25, 0.3) is 0 Å². The molecule has 0 spiro atoms. The summed E-state index contributed by atoms with van der Waals surface area (Å²) >= 11 is 5.80. The van der Waals surface area contributed by atoms with Gasteiger partial charge in [-0.05, 0) is 36.8 Å². The van der Waals surface area contributed by atoms with Gasteiger partial charge in [-0.25, -0.2) is 0 Å². The van der Waals surface area contributed by atoms with Crippen LogP contribution in [-0.4, -0.2) is 0 Å². The van der Waals surface area contributed by atoms with Crippen LogP contribution < -0.4 is 0 Å². The molecule has 2 heteroatoms. The predicted octanol–water partition coefficient (Wildman–Crippen LogP) is 3.83. The van der Waals surface area contributed by atoms with Crippen molar-refractivity contribution in [2.75, 3.05) is 0 Å². The first-order valence-electron chi connectivity index (χ1n) is 4.54. The fourth-order valence-corrected chi connectivity index (χ4v) is 1.51. The van der Waals surface area contributed by atoms with Gasteiger partial charge in [0.25, 0.3) is 0 Å². The third-order valence-electron chi connectivity index (χ3n) is 2.09. The maximum absolute atomic E-state index is 5.80. The first-order chi connectivity index (χ1) is 6.74. The van der Waals surface area contributed by atoms with Gasteiger partial charge in [0.15, 0.2) is 0 Å². The molecule has 14 heavy (non-hydrogen) atoms. The summed E-state index contributed by atoms with van der Waals surface area (Å²) in [6, 6.07) is 11.8. The summed E-state index contributed by atoms with van der Waals surface area (Å²) < 4.78 is 5.48. The zero-order chi connectivity index (χ0) is 9.97. The van der Waals surface area contributed by atoms with E-state index < -0.39 is 0 Å². The maximum atomic E-state index is 5.80. The van der Waals surface area contributed by atoms with Gasteiger partial charge in [-0.1, -0.05) is 23.7 Å². The highest BCUT2D eigenvalue weighted by atomic mass is 35.5. The Hall–Kier alpha value is -1.21. The zero-order valence-electron chi connectivity index (χ0n) is 7.96. The van der Waals surface area contributed by atoms with E-state index in [2.05, 4.69) is 0 Å². The summed E-state index contributed by atoms with van der Waals surface area (Å²) in [5.74, 6) is 1.94. The maximum Gasteiger partial charge on any atom is 0.108 e. The molecule has 0 saturated carbocycles. The second-order valence-corrected chi connectivity index (χ2v) is 3.75. The van der Waals surface area contributed by atoms with Crippen LogP contribution in [0.3, 0.4) is 0 Å². The summed E-state index contributed by atoms with van der Waals surface area (Å²) in [5.41, 5.74) is 1.21. The van der Waals surface area contributed by atoms with Crippen LogP contribution in [-0.2, 0) is 6.42 Å². The molecule has 72 valence electrons. The highest BCUT2D eigenvalue weighted by molar-refractivity contribution is 6.30. The lowest BCUT2D eigenvalue weighted by Crippen LogP contribution is -1.84. The Bertz CT molecular complexity index is 414. The standard InChI is InChI=1S/C12H11ClO/c1-9-2-7-12(14-9)8-10-3-5-11(13)6-4-10/h2-7H,8H2,1H3. The van der Waals surface area contributed by atoms with Crippen LogP contribution in [0.2, 0.25) is 5.02 Å². The van der Waals surface area contributed by atoms with Crippen LogP contribution in [0.4, 0.5) is 0 Å². The van der Waals surface area contributed by atoms with E-state index in [1.54, 1.807) is 0 Å². The first kappa shape index (κ1) is 9.35. The number of rotatable bonds is 2. The van der Waals surface area contributed by atoms with E-state index >= 15 is 0 Å². The van der Waals surface area contributed by atoms with E-state index in [4.69, 9.17) is 16.0 Å². The monoisotopic (exact) mass is 206 g/mol. The van der Waals surface area contributed by atoms with E-state index in [1.807, 2.05) is 43.3 Å². The molecule has 0 bridgehead atoms. The molecule has 0 radical (unpaired) electrons. The Morgan fingerprint density at radius 3 is 2.36 bits per heavy atom. The number of halogens is 1. The molecule has 1 aromatic heterocycles. The van der Waals surface area contributed by atoms with Crippen molar-refractivity contribution in [3.63, 3.8) is 0 Å². The Kier molecular flexibility index (Phi) is 2.60. The third-order valence-corrected chi connectivity index (χ3v) is 2.34. The SMILES string of the molecule is Cc1ccc(Cc2ccc(Cl)cc2)o1. The molecule has 2 rings (SSSR count). The number of hydrogen-bond donors (Lipinski definition) is 0. The van der Waals surface area contributed by atoms with Gasteiger partial charge < -0.3 is 4.42 Å². The number of aryl methyl sites for hydroxylation is 1. The van der Waals surface area contributed by atoms with Gasteiger partial charge in [0.05, 0.1) is 0 Å². The minimum absolute atomic E-state index is 0.768. The van der Waals surface area contributed by atoms with Gasteiger partial charge in [-0.15, -0.1) is 0 Å². The molecular formula is C12H11ClO. The molecule has 1 nitrogen and oxygen atoms in total. The first-order valence-corrected chi connectivity index (χ1v) is 4.91. The van der Waals surface area contributed by atoms with E-state index in [-0.39, 0.29) is 0 Å². The number of hydrogen-bond acceptors (Lipinski definition) is 1. The smallest absolute Gasteiger partial charge is 0.108 e. The van der Waals surface area contributed by atoms with Gasteiger partial charge in [0.1, 0.15) is 11.5 Å². The van der Waals surface area contributed by atoms with Crippen molar-refractivity contribution in [2.45, 2.75) is 13.3 Å². The normalized spacial score (nSPS) is 10.4. The van der Waals surface area contributed by atoms with Crippen molar-refractivity contribution in [3.8, 4) is 0 Å². The second kappa shape index (κ2) is 3.89. The lowest BCUT2D eigenvalue weighted by atomic mass is 10.1. The van der Waals surface area contributed by atoms with Crippen LogP contribution in [0, 0.1) is 6.92 Å². The number of benzene rings is 1. The van der Waals surface area contributed by atoms with Crippen molar-refractivity contribution in [3.05, 3.63) is 58.5 Å². The fraction of sp³-hybridized carbons (Fsp3) is 0.167. The minimum atomic E-state index is 0.768. The van der Waals surface area contributed by atoms with Crippen LogP contribution >= 0.6 is 11.6 Å². The van der Waals surface area contributed by atoms with Crippen LogP contribution in [0.5, 0.6) is 0 Å². The largest absolute Gasteiger partial charge is 0.466 e. The van der Waals surface area contributed by atoms with Crippen LogP contribution in [0.1, 0.15) is 17.1 Å². The molecule has 0 fully saturated rings. The molecule has 0 aliphatic rings. The van der Waals surface area contributed by atoms with Gasteiger partial charge in [-0.2, -0.15) is 0 Å². The molecule has 0 aliphatic carbocycles. The number of furan rings is 1. The summed E-state index contributed by atoms with van der Waals surface area (Å²) in [4.78, 5) is 0. The Morgan fingerprint density at radius 2 is 1.79 bits per heavy atom. The van der Waals surface area contributed by atoms with Crippen molar-refractivity contribution in [1.82, 2.24) is 0 Å². The van der Waals surface area contributed by atoms with Gasteiger partial charge in [0.2, 0.25) is 0 Å². The molecule has 2 aromatic rings. The summed E-state index contributed by atoms with van der Waals surface area (Å²) in [7, 11) is 0. The van der Waals surface area contributed by atoms with E-state index in [0.29, 0.717) is 0 Å². The highest BCUT2D eigenvalue weighted by Crippen LogP contribution is 2.15. The molecular weight excluding hydrogens is 196 g/mol. The minimum Gasteiger partial charge on any atom is -0.466 e. The summed E-state index contributed by atoms with van der Waals surface area (Å²) in [5, 5.41) is 0.768. The average Bonchev–Trinajstić information content (AvgIpc) is 2.56. The Labute approximate surface area is 88.3 Å². The molecule has 0 aliphatic heterocycles. The van der Waals surface area contributed by atoms with E-state index in [9.17, 15) is 0 Å². The molecule has 1 heterocycles. The molecule has 0 unspecified atom stereocenters.